The molecule has 0 radical (unpaired) electrons. The largest absolute Gasteiger partial charge is 0.418 e. The SMILES string of the molecule is O=C(OC1=CC(=O)c2ccccc2C1=O)c1cccs1. The van der Waals surface area contributed by atoms with Crippen molar-refractivity contribution < 1.29 is 19.1 Å². The lowest BCUT2D eigenvalue weighted by Gasteiger charge is -2.14. The molecule has 3 rings (SSSR count). The second-order valence-corrected chi connectivity index (χ2v) is 5.06. The van der Waals surface area contributed by atoms with Crippen LogP contribution in [0, 0.1) is 0 Å². The lowest BCUT2D eigenvalue weighted by Crippen LogP contribution is -2.20. The molecule has 0 spiro atoms. The first-order chi connectivity index (χ1) is 9.66. The molecule has 1 heterocycles. The number of carbonyl (C=O) groups is 3. The summed E-state index contributed by atoms with van der Waals surface area (Å²) in [7, 11) is 0. The molecule has 98 valence electrons. The van der Waals surface area contributed by atoms with Crippen LogP contribution in [-0.4, -0.2) is 17.5 Å². The number of benzene rings is 1. The van der Waals surface area contributed by atoms with Crippen LogP contribution in [0.3, 0.4) is 0 Å². The topological polar surface area (TPSA) is 60.4 Å². The molecule has 0 bridgehead atoms. The summed E-state index contributed by atoms with van der Waals surface area (Å²) in [4.78, 5) is 36.3. The van der Waals surface area contributed by atoms with Crippen LogP contribution in [0.1, 0.15) is 30.4 Å². The molecule has 0 amide bonds. The Labute approximate surface area is 118 Å². The smallest absolute Gasteiger partial charge is 0.353 e. The molecule has 1 aliphatic rings. The number of esters is 1. The van der Waals surface area contributed by atoms with Gasteiger partial charge in [0, 0.05) is 17.2 Å². The minimum atomic E-state index is -0.633. The number of hydrogen-bond acceptors (Lipinski definition) is 5. The van der Waals surface area contributed by atoms with E-state index >= 15 is 0 Å². The lowest BCUT2D eigenvalue weighted by molar-refractivity contribution is 0.0590. The van der Waals surface area contributed by atoms with Gasteiger partial charge in [0.1, 0.15) is 4.88 Å². The predicted octanol–water partition coefficient (Wildman–Crippen LogP) is 2.87. The normalized spacial score (nSPS) is 13.7. The van der Waals surface area contributed by atoms with Gasteiger partial charge in [0.05, 0.1) is 0 Å². The fourth-order valence-electron chi connectivity index (χ4n) is 1.91. The van der Waals surface area contributed by atoms with Crippen molar-refractivity contribution in [2.24, 2.45) is 0 Å². The summed E-state index contributed by atoms with van der Waals surface area (Å²) < 4.78 is 5.04. The zero-order valence-corrected chi connectivity index (χ0v) is 11.0. The van der Waals surface area contributed by atoms with Crippen molar-refractivity contribution in [3.8, 4) is 0 Å². The summed E-state index contributed by atoms with van der Waals surface area (Å²) >= 11 is 1.21. The van der Waals surface area contributed by atoms with Gasteiger partial charge in [0.2, 0.25) is 5.78 Å². The maximum absolute atomic E-state index is 12.2. The summed E-state index contributed by atoms with van der Waals surface area (Å²) in [5.74, 6) is -1.65. The van der Waals surface area contributed by atoms with E-state index < -0.39 is 11.8 Å². The number of carbonyl (C=O) groups excluding carboxylic acids is 3. The first kappa shape index (κ1) is 12.5. The molecule has 4 nitrogen and oxygen atoms in total. The van der Waals surface area contributed by atoms with E-state index in [9.17, 15) is 14.4 Å². The molecular weight excluding hydrogens is 276 g/mol. The molecule has 20 heavy (non-hydrogen) atoms. The van der Waals surface area contributed by atoms with Crippen molar-refractivity contribution in [3.05, 3.63) is 69.6 Å². The molecule has 0 unspecified atom stereocenters. The number of hydrogen-bond donors (Lipinski definition) is 0. The zero-order valence-electron chi connectivity index (χ0n) is 10.2. The van der Waals surface area contributed by atoms with E-state index in [0.29, 0.717) is 10.4 Å². The fourth-order valence-corrected chi connectivity index (χ4v) is 2.51. The molecule has 1 aromatic heterocycles. The molecule has 1 aromatic carbocycles. The van der Waals surface area contributed by atoms with Gasteiger partial charge in [-0.25, -0.2) is 4.79 Å². The Bertz CT molecular complexity index is 741. The first-order valence-corrected chi connectivity index (χ1v) is 6.70. The predicted molar refractivity (Wildman–Crippen MR) is 72.9 cm³/mol. The number of ketones is 2. The summed E-state index contributed by atoms with van der Waals surface area (Å²) in [5.41, 5.74) is 0.586. The number of Topliss-reactive ketones (excluding diaryl/α,β-unsaturated/α-hetero) is 1. The molecule has 0 saturated carbocycles. The van der Waals surface area contributed by atoms with Crippen LogP contribution >= 0.6 is 11.3 Å². The molecule has 5 heteroatoms. The Morgan fingerprint density at radius 1 is 1.00 bits per heavy atom. The van der Waals surface area contributed by atoms with Gasteiger partial charge < -0.3 is 4.74 Å². The van der Waals surface area contributed by atoms with Crippen LogP contribution in [0.25, 0.3) is 0 Å². The molecule has 0 atom stereocenters. The monoisotopic (exact) mass is 284 g/mol. The van der Waals surface area contributed by atoms with Gasteiger partial charge in [-0.2, -0.15) is 0 Å². The van der Waals surface area contributed by atoms with Gasteiger partial charge in [0.25, 0.3) is 0 Å². The van der Waals surface area contributed by atoms with E-state index in [2.05, 4.69) is 0 Å². The fraction of sp³-hybridized carbons (Fsp3) is 0. The highest BCUT2D eigenvalue weighted by atomic mass is 32.1. The van der Waals surface area contributed by atoms with Crippen LogP contribution in [0.5, 0.6) is 0 Å². The van der Waals surface area contributed by atoms with Gasteiger partial charge in [-0.05, 0) is 11.4 Å². The van der Waals surface area contributed by atoms with Crippen LogP contribution in [0.4, 0.5) is 0 Å². The number of allylic oxidation sites excluding steroid dienone is 2. The van der Waals surface area contributed by atoms with Crippen LogP contribution < -0.4 is 0 Å². The van der Waals surface area contributed by atoms with Gasteiger partial charge in [-0.15, -0.1) is 11.3 Å². The van der Waals surface area contributed by atoms with Crippen LogP contribution in [0.15, 0.2) is 53.6 Å². The Morgan fingerprint density at radius 3 is 2.45 bits per heavy atom. The third-order valence-electron chi connectivity index (χ3n) is 2.85. The number of thiophene rings is 1. The van der Waals surface area contributed by atoms with Crippen LogP contribution in [0.2, 0.25) is 0 Å². The number of rotatable bonds is 2. The first-order valence-electron chi connectivity index (χ1n) is 5.82. The minimum Gasteiger partial charge on any atom is -0.418 e. The molecule has 0 N–H and O–H groups in total. The Kier molecular flexibility index (Phi) is 3.04. The van der Waals surface area contributed by atoms with Crippen molar-refractivity contribution in [3.63, 3.8) is 0 Å². The van der Waals surface area contributed by atoms with Gasteiger partial charge in [-0.1, -0.05) is 30.3 Å². The number of ether oxygens (including phenoxy) is 1. The van der Waals surface area contributed by atoms with E-state index in [1.165, 1.54) is 11.3 Å². The van der Waals surface area contributed by atoms with Gasteiger partial charge in [0.15, 0.2) is 11.5 Å². The average Bonchev–Trinajstić information content (AvgIpc) is 2.99. The quantitative estimate of drug-likeness (QED) is 0.796. The maximum atomic E-state index is 12.2. The maximum Gasteiger partial charge on any atom is 0.353 e. The second kappa shape index (κ2) is 4.86. The highest BCUT2D eigenvalue weighted by Gasteiger charge is 2.28. The highest BCUT2D eigenvalue weighted by Crippen LogP contribution is 2.23. The third kappa shape index (κ3) is 2.08. The van der Waals surface area contributed by atoms with Gasteiger partial charge in [-0.3, -0.25) is 9.59 Å². The summed E-state index contributed by atoms with van der Waals surface area (Å²) in [5, 5.41) is 1.73. The van der Waals surface area contributed by atoms with E-state index in [-0.39, 0.29) is 17.1 Å². The lowest BCUT2D eigenvalue weighted by atomic mass is 9.94. The highest BCUT2D eigenvalue weighted by molar-refractivity contribution is 7.12. The Morgan fingerprint density at radius 2 is 1.75 bits per heavy atom. The summed E-state index contributed by atoms with van der Waals surface area (Å²) in [6, 6.07) is 9.76. The van der Waals surface area contributed by atoms with Crippen molar-refractivity contribution in [1.82, 2.24) is 0 Å². The van der Waals surface area contributed by atoms with E-state index in [1.54, 1.807) is 41.8 Å². The zero-order chi connectivity index (χ0) is 14.1. The van der Waals surface area contributed by atoms with Crippen molar-refractivity contribution in [1.29, 1.82) is 0 Å². The Hall–Kier alpha value is -2.53. The molecule has 0 saturated heterocycles. The second-order valence-electron chi connectivity index (χ2n) is 4.11. The molecule has 0 fully saturated rings. The number of fused-ring (bicyclic) bond motifs is 1. The third-order valence-corrected chi connectivity index (χ3v) is 3.70. The van der Waals surface area contributed by atoms with Crippen molar-refractivity contribution in [2.75, 3.05) is 0 Å². The molecule has 2 aromatic rings. The average molecular weight is 284 g/mol. The van der Waals surface area contributed by atoms with Crippen molar-refractivity contribution in [2.45, 2.75) is 0 Å². The minimum absolute atomic E-state index is 0.230. The molecule has 0 aliphatic heterocycles. The van der Waals surface area contributed by atoms with Gasteiger partial charge >= 0.3 is 5.97 Å². The Balaban J connectivity index is 1.91. The van der Waals surface area contributed by atoms with E-state index in [4.69, 9.17) is 4.74 Å². The van der Waals surface area contributed by atoms with E-state index in [1.807, 2.05) is 0 Å². The van der Waals surface area contributed by atoms with E-state index in [0.717, 1.165) is 6.08 Å². The summed E-state index contributed by atoms with van der Waals surface area (Å²) in [6.45, 7) is 0. The van der Waals surface area contributed by atoms with Crippen LogP contribution in [-0.2, 0) is 4.74 Å². The summed E-state index contributed by atoms with van der Waals surface area (Å²) in [6.07, 6.45) is 1.07. The van der Waals surface area contributed by atoms with Crippen molar-refractivity contribution >= 4 is 28.9 Å². The molecule has 1 aliphatic carbocycles. The standard InChI is InChI=1S/C15H8O4S/c16-11-8-12(19-15(18)13-6-3-7-20-13)14(17)10-5-2-1-4-9(10)11/h1-8H. The molecular formula is C15H8O4S.